The normalized spacial score (nSPS) is 18.8. The predicted octanol–water partition coefficient (Wildman–Crippen LogP) is 6.53. The van der Waals surface area contributed by atoms with Crippen molar-refractivity contribution in [2.24, 2.45) is 0 Å². The topological polar surface area (TPSA) is 74.6 Å². The number of nitrogens with one attached hydrogen (secondary N) is 1. The van der Waals surface area contributed by atoms with Crippen LogP contribution in [0.3, 0.4) is 0 Å². The van der Waals surface area contributed by atoms with Gasteiger partial charge in [0.1, 0.15) is 0 Å². The molecule has 2 saturated carbocycles. The summed E-state index contributed by atoms with van der Waals surface area (Å²) in [6.07, 6.45) is 10.5. The number of carboxylic acid groups (broad SMARTS) is 1. The molecule has 0 radical (unpaired) electrons. The largest absolute Gasteiger partial charge is 0.478 e. The molecule has 2 fully saturated rings. The summed E-state index contributed by atoms with van der Waals surface area (Å²) in [6.45, 7) is 1.18. The van der Waals surface area contributed by atoms with Crippen LogP contribution >= 0.6 is 0 Å². The van der Waals surface area contributed by atoms with E-state index in [-0.39, 0.29) is 12.1 Å². The van der Waals surface area contributed by atoms with Gasteiger partial charge in [-0.1, -0.05) is 56.4 Å². The van der Waals surface area contributed by atoms with E-state index >= 15 is 0 Å². The van der Waals surface area contributed by atoms with Crippen LogP contribution in [0.5, 0.6) is 0 Å². The lowest BCUT2D eigenvalue weighted by Crippen LogP contribution is -2.45. The molecule has 2 amide bonds. The predicted molar refractivity (Wildman–Crippen MR) is 138 cm³/mol. The number of para-hydroxylation sites is 1. The lowest BCUT2D eigenvalue weighted by molar-refractivity contribution is 0.0697. The molecule has 2 N–H and O–H groups in total. The molecule has 35 heavy (non-hydrogen) atoms. The van der Waals surface area contributed by atoms with Crippen LogP contribution in [0.25, 0.3) is 22.2 Å². The number of carbonyl (C=O) groups is 2. The summed E-state index contributed by atoms with van der Waals surface area (Å²) in [7, 11) is 0. The van der Waals surface area contributed by atoms with Crippen LogP contribution in [0.1, 0.15) is 79.6 Å². The van der Waals surface area contributed by atoms with E-state index in [0.717, 1.165) is 47.8 Å². The molecule has 3 aliphatic rings. The van der Waals surface area contributed by atoms with Crippen molar-refractivity contribution in [3.05, 3.63) is 53.6 Å². The zero-order valence-corrected chi connectivity index (χ0v) is 20.1. The van der Waals surface area contributed by atoms with Gasteiger partial charge in [0.15, 0.2) is 0 Å². The maximum Gasteiger partial charge on any atom is 0.335 e. The van der Waals surface area contributed by atoms with Gasteiger partial charge >= 0.3 is 12.0 Å². The van der Waals surface area contributed by atoms with Crippen molar-refractivity contribution in [3.63, 3.8) is 0 Å². The van der Waals surface area contributed by atoms with Gasteiger partial charge in [0.2, 0.25) is 0 Å². The molecule has 2 heterocycles. The second kappa shape index (κ2) is 9.06. The highest BCUT2D eigenvalue weighted by Crippen LogP contribution is 2.47. The van der Waals surface area contributed by atoms with Crippen LogP contribution in [0.15, 0.2) is 42.5 Å². The van der Waals surface area contributed by atoms with E-state index in [4.69, 9.17) is 0 Å². The lowest BCUT2D eigenvalue weighted by Gasteiger charge is -2.26. The molecule has 0 saturated heterocycles. The van der Waals surface area contributed by atoms with E-state index in [9.17, 15) is 14.7 Å². The SMILES string of the molecule is O=C(O)c1ccc2c(C3CCCCC3)c3n(c2c1)CCN(C(=O)NC1CCCC1)c1ccccc1-3. The first-order valence-electron chi connectivity index (χ1n) is 13.2. The summed E-state index contributed by atoms with van der Waals surface area (Å²) in [5.74, 6) is -0.460. The quantitative estimate of drug-likeness (QED) is 0.456. The fraction of sp³-hybridized carbons (Fsp3) is 0.448. The number of amides is 2. The van der Waals surface area contributed by atoms with E-state index in [0.29, 0.717) is 24.6 Å². The van der Waals surface area contributed by atoms with Gasteiger partial charge in [0, 0.05) is 35.6 Å². The Morgan fingerprint density at radius 3 is 2.40 bits per heavy atom. The van der Waals surface area contributed by atoms with Gasteiger partial charge in [-0.25, -0.2) is 9.59 Å². The summed E-state index contributed by atoms with van der Waals surface area (Å²) in [5.41, 5.74) is 5.79. The lowest BCUT2D eigenvalue weighted by atomic mass is 9.81. The highest BCUT2D eigenvalue weighted by Gasteiger charge is 2.32. The molecular formula is C29H33N3O3. The zero-order chi connectivity index (χ0) is 23.9. The van der Waals surface area contributed by atoms with Gasteiger partial charge < -0.3 is 15.0 Å². The Labute approximate surface area is 205 Å². The van der Waals surface area contributed by atoms with Gasteiger partial charge in [-0.15, -0.1) is 0 Å². The Hall–Kier alpha value is -3.28. The minimum atomic E-state index is -0.909. The van der Waals surface area contributed by atoms with Crippen LogP contribution in [-0.4, -0.2) is 34.3 Å². The third-order valence-electron chi connectivity index (χ3n) is 8.29. The minimum Gasteiger partial charge on any atom is -0.478 e. The minimum absolute atomic E-state index is 0.0233. The number of hydrogen-bond donors (Lipinski definition) is 2. The van der Waals surface area contributed by atoms with Gasteiger partial charge in [-0.3, -0.25) is 4.90 Å². The first-order chi connectivity index (χ1) is 17.1. The number of carboxylic acids is 1. The van der Waals surface area contributed by atoms with Crippen LogP contribution in [0, 0.1) is 0 Å². The molecule has 6 nitrogen and oxygen atoms in total. The molecule has 0 atom stereocenters. The van der Waals surface area contributed by atoms with Crippen LogP contribution < -0.4 is 10.2 Å². The molecule has 1 aliphatic heterocycles. The van der Waals surface area contributed by atoms with E-state index in [1.165, 1.54) is 43.4 Å². The average Bonchev–Trinajstić information content (AvgIpc) is 3.46. The fourth-order valence-corrected chi connectivity index (χ4v) is 6.60. The van der Waals surface area contributed by atoms with Gasteiger partial charge in [-0.05, 0) is 55.4 Å². The average molecular weight is 472 g/mol. The highest BCUT2D eigenvalue weighted by atomic mass is 16.4. The van der Waals surface area contributed by atoms with Crippen molar-refractivity contribution in [2.45, 2.75) is 76.3 Å². The molecule has 0 spiro atoms. The maximum atomic E-state index is 13.5. The second-order valence-corrected chi connectivity index (χ2v) is 10.4. The molecule has 3 aromatic rings. The number of rotatable bonds is 3. The van der Waals surface area contributed by atoms with E-state index in [2.05, 4.69) is 22.0 Å². The molecule has 6 heteroatoms. The maximum absolute atomic E-state index is 13.5. The highest BCUT2D eigenvalue weighted by molar-refractivity contribution is 6.02. The summed E-state index contributed by atoms with van der Waals surface area (Å²) < 4.78 is 2.29. The summed E-state index contributed by atoms with van der Waals surface area (Å²) >= 11 is 0. The van der Waals surface area contributed by atoms with Crippen molar-refractivity contribution in [1.82, 2.24) is 9.88 Å². The molecule has 2 aromatic carbocycles. The van der Waals surface area contributed by atoms with Crippen molar-refractivity contribution in [3.8, 4) is 11.3 Å². The number of carbonyl (C=O) groups excluding carboxylic acids is 1. The monoisotopic (exact) mass is 471 g/mol. The first-order valence-corrected chi connectivity index (χ1v) is 13.2. The van der Waals surface area contributed by atoms with Crippen LogP contribution in [0.4, 0.5) is 10.5 Å². The van der Waals surface area contributed by atoms with E-state index in [1.807, 2.05) is 29.2 Å². The van der Waals surface area contributed by atoms with Gasteiger partial charge in [0.25, 0.3) is 0 Å². The molecule has 1 aromatic heterocycles. The number of nitrogens with zero attached hydrogens (tertiary/aromatic N) is 2. The number of benzene rings is 2. The Morgan fingerprint density at radius 1 is 0.886 bits per heavy atom. The van der Waals surface area contributed by atoms with E-state index < -0.39 is 5.97 Å². The summed E-state index contributed by atoms with van der Waals surface area (Å²) in [5, 5.41) is 14.1. The number of hydrogen-bond acceptors (Lipinski definition) is 2. The van der Waals surface area contributed by atoms with E-state index in [1.54, 1.807) is 6.07 Å². The number of urea groups is 1. The molecule has 182 valence electrons. The smallest absolute Gasteiger partial charge is 0.335 e. The number of aromatic carboxylic acids is 1. The fourth-order valence-electron chi connectivity index (χ4n) is 6.60. The molecule has 0 bridgehead atoms. The molecule has 2 aliphatic carbocycles. The molecular weight excluding hydrogens is 438 g/mol. The Morgan fingerprint density at radius 2 is 1.63 bits per heavy atom. The third kappa shape index (κ3) is 3.89. The number of fused-ring (bicyclic) bond motifs is 5. The Bertz CT molecular complexity index is 1280. The third-order valence-corrected chi connectivity index (χ3v) is 8.29. The second-order valence-electron chi connectivity index (χ2n) is 10.4. The zero-order valence-electron chi connectivity index (χ0n) is 20.1. The van der Waals surface area contributed by atoms with Gasteiger partial charge in [-0.2, -0.15) is 0 Å². The van der Waals surface area contributed by atoms with Crippen molar-refractivity contribution in [2.75, 3.05) is 11.4 Å². The van der Waals surface area contributed by atoms with Crippen LogP contribution in [-0.2, 0) is 6.54 Å². The molecule has 0 unspecified atom stereocenters. The summed E-state index contributed by atoms with van der Waals surface area (Å²) in [4.78, 5) is 27.2. The Kier molecular flexibility index (Phi) is 5.75. The van der Waals surface area contributed by atoms with Crippen molar-refractivity contribution >= 4 is 28.6 Å². The van der Waals surface area contributed by atoms with Crippen molar-refractivity contribution in [1.29, 1.82) is 0 Å². The van der Waals surface area contributed by atoms with Gasteiger partial charge in [0.05, 0.1) is 16.9 Å². The first kappa shape index (κ1) is 22.2. The standard InChI is InChI=1S/C29H33N3O3/c33-28(34)20-14-15-22-25(18-20)31-16-17-32(29(35)30-21-10-4-5-11-21)24-13-7-6-12-23(24)27(31)26(22)19-8-2-1-3-9-19/h6-7,12-15,18-19,21H,1-5,8-11,16-17H2,(H,30,35)(H,33,34). The summed E-state index contributed by atoms with van der Waals surface area (Å²) in [6, 6.07) is 14.1. The van der Waals surface area contributed by atoms with Crippen LogP contribution in [0.2, 0.25) is 0 Å². The number of anilines is 1. The molecule has 6 rings (SSSR count). The Balaban J connectivity index is 1.52. The van der Waals surface area contributed by atoms with Crippen molar-refractivity contribution < 1.29 is 14.7 Å². The number of aromatic nitrogens is 1.